The van der Waals surface area contributed by atoms with E-state index in [1.165, 1.54) is 0 Å². The molecule has 2 heterocycles. The number of aromatic nitrogens is 1. The molecule has 0 bridgehead atoms. The highest BCUT2D eigenvalue weighted by Crippen LogP contribution is 2.14. The summed E-state index contributed by atoms with van der Waals surface area (Å²) in [6, 6.07) is 3.98. The summed E-state index contributed by atoms with van der Waals surface area (Å²) in [7, 11) is 0. The Labute approximate surface area is 168 Å². The van der Waals surface area contributed by atoms with Crippen LogP contribution in [0.25, 0.3) is 0 Å². The van der Waals surface area contributed by atoms with E-state index in [0.29, 0.717) is 39.1 Å². The maximum Gasteiger partial charge on any atom is 0.223 e. The van der Waals surface area contributed by atoms with Gasteiger partial charge >= 0.3 is 0 Å². The third-order valence-electron chi connectivity index (χ3n) is 4.97. The van der Waals surface area contributed by atoms with Gasteiger partial charge in [-0.25, -0.2) is 0 Å². The fraction of sp³-hybridized carbons (Fsp3) is 0.667. The number of rotatable bonds is 8. The van der Waals surface area contributed by atoms with E-state index in [9.17, 15) is 9.59 Å². The Bertz CT molecular complexity index is 582. The topological polar surface area (TPSA) is 83.6 Å². The Balaban J connectivity index is 1.85. The molecule has 0 aliphatic carbocycles. The third kappa shape index (κ3) is 8.80. The van der Waals surface area contributed by atoms with Gasteiger partial charge in [-0.3, -0.25) is 19.5 Å². The third-order valence-corrected chi connectivity index (χ3v) is 4.97. The van der Waals surface area contributed by atoms with E-state index in [4.69, 9.17) is 4.74 Å². The molecule has 2 N–H and O–H groups in total. The van der Waals surface area contributed by atoms with Crippen LogP contribution in [-0.4, -0.2) is 61.1 Å². The zero-order valence-corrected chi connectivity index (χ0v) is 17.0. The first kappa shape index (κ1) is 22.3. The molecular formula is C21H34N4O3. The average Bonchev–Trinajstić information content (AvgIpc) is 2.74. The van der Waals surface area contributed by atoms with Gasteiger partial charge in [0, 0.05) is 64.1 Å². The summed E-state index contributed by atoms with van der Waals surface area (Å²) < 4.78 is 5.31. The molecule has 1 atom stereocenters. The van der Waals surface area contributed by atoms with Crippen LogP contribution in [0.15, 0.2) is 24.5 Å². The molecule has 2 amide bonds. The van der Waals surface area contributed by atoms with Crippen LogP contribution in [0.4, 0.5) is 0 Å². The van der Waals surface area contributed by atoms with Crippen LogP contribution in [0, 0.1) is 5.92 Å². The Kier molecular flexibility index (Phi) is 10.5. The summed E-state index contributed by atoms with van der Waals surface area (Å²) in [5.74, 6) is 0.0727. The summed E-state index contributed by atoms with van der Waals surface area (Å²) in [4.78, 5) is 31.1. The molecule has 1 aromatic heterocycles. The Morgan fingerprint density at radius 2 is 2.29 bits per heavy atom. The van der Waals surface area contributed by atoms with Crippen molar-refractivity contribution in [2.45, 2.75) is 45.6 Å². The van der Waals surface area contributed by atoms with E-state index < -0.39 is 0 Å². The van der Waals surface area contributed by atoms with Crippen LogP contribution >= 0.6 is 0 Å². The maximum absolute atomic E-state index is 12.5. The van der Waals surface area contributed by atoms with Crippen molar-refractivity contribution >= 4 is 11.8 Å². The van der Waals surface area contributed by atoms with E-state index in [2.05, 4.69) is 26.6 Å². The molecule has 0 spiro atoms. The fourth-order valence-corrected chi connectivity index (χ4v) is 3.40. The van der Waals surface area contributed by atoms with Crippen molar-refractivity contribution in [2.24, 2.45) is 5.92 Å². The first-order valence-electron chi connectivity index (χ1n) is 10.4. The molecule has 2 rings (SSSR count). The second kappa shape index (κ2) is 13.2. The molecule has 7 nitrogen and oxygen atoms in total. The monoisotopic (exact) mass is 390 g/mol. The molecule has 28 heavy (non-hydrogen) atoms. The van der Waals surface area contributed by atoms with Crippen LogP contribution in [0.2, 0.25) is 0 Å². The molecule has 1 aromatic rings. The minimum atomic E-state index is -0.0641. The summed E-state index contributed by atoms with van der Waals surface area (Å²) in [6.07, 6.45) is 7.38. The number of amides is 2. The zero-order chi connectivity index (χ0) is 20.0. The Morgan fingerprint density at radius 3 is 3.07 bits per heavy atom. The lowest BCUT2D eigenvalue weighted by Gasteiger charge is -2.22. The van der Waals surface area contributed by atoms with Gasteiger partial charge in [-0.2, -0.15) is 0 Å². The molecule has 1 unspecified atom stereocenters. The summed E-state index contributed by atoms with van der Waals surface area (Å²) >= 11 is 0. The van der Waals surface area contributed by atoms with Crippen LogP contribution < -0.4 is 10.6 Å². The lowest BCUT2D eigenvalue weighted by atomic mass is 9.98. The van der Waals surface area contributed by atoms with Gasteiger partial charge in [0.25, 0.3) is 0 Å². The predicted octanol–water partition coefficient (Wildman–Crippen LogP) is 1.73. The van der Waals surface area contributed by atoms with Crippen LogP contribution in [0.5, 0.6) is 0 Å². The van der Waals surface area contributed by atoms with Crippen molar-refractivity contribution in [1.82, 2.24) is 20.5 Å². The van der Waals surface area contributed by atoms with Crippen LogP contribution in [-0.2, 0) is 20.9 Å². The van der Waals surface area contributed by atoms with Gasteiger partial charge < -0.3 is 15.4 Å². The van der Waals surface area contributed by atoms with Crippen molar-refractivity contribution in [3.8, 4) is 0 Å². The number of ether oxygens (including phenoxy) is 1. The molecule has 0 aromatic carbocycles. The zero-order valence-electron chi connectivity index (χ0n) is 17.0. The van der Waals surface area contributed by atoms with Crippen molar-refractivity contribution < 1.29 is 14.3 Å². The quantitative estimate of drug-likeness (QED) is 0.661. The highest BCUT2D eigenvalue weighted by Gasteiger charge is 2.20. The van der Waals surface area contributed by atoms with Crippen LogP contribution in [0.1, 0.15) is 44.6 Å². The number of carbonyl (C=O) groups is 2. The molecule has 1 aliphatic rings. The summed E-state index contributed by atoms with van der Waals surface area (Å²) in [5.41, 5.74) is 1.14. The summed E-state index contributed by atoms with van der Waals surface area (Å²) in [6.45, 7) is 6.88. The van der Waals surface area contributed by atoms with Crippen molar-refractivity contribution in [3.63, 3.8) is 0 Å². The predicted molar refractivity (Wildman–Crippen MR) is 109 cm³/mol. The van der Waals surface area contributed by atoms with E-state index in [-0.39, 0.29) is 17.7 Å². The van der Waals surface area contributed by atoms with Gasteiger partial charge in [-0.05, 0) is 50.8 Å². The van der Waals surface area contributed by atoms with Gasteiger partial charge in [-0.1, -0.05) is 6.07 Å². The molecule has 156 valence electrons. The molecular weight excluding hydrogens is 356 g/mol. The van der Waals surface area contributed by atoms with Crippen LogP contribution in [0.3, 0.4) is 0 Å². The fourth-order valence-electron chi connectivity index (χ4n) is 3.40. The lowest BCUT2D eigenvalue weighted by Crippen LogP contribution is -2.34. The van der Waals surface area contributed by atoms with E-state index in [1.54, 1.807) is 6.20 Å². The first-order chi connectivity index (χ1) is 13.7. The maximum atomic E-state index is 12.5. The largest absolute Gasteiger partial charge is 0.382 e. The van der Waals surface area contributed by atoms with Crippen molar-refractivity contribution in [2.75, 3.05) is 39.4 Å². The molecule has 0 radical (unpaired) electrons. The summed E-state index contributed by atoms with van der Waals surface area (Å²) in [5, 5.41) is 5.98. The molecule has 1 saturated heterocycles. The Hall–Kier alpha value is -1.99. The SMILES string of the molecule is CCOCCCNC(=O)C1CCCN(Cc2cccnc2)CCC(=O)NCC1. The second-order valence-electron chi connectivity index (χ2n) is 7.21. The van der Waals surface area contributed by atoms with Gasteiger partial charge in [-0.15, -0.1) is 0 Å². The minimum absolute atomic E-state index is 0.0500. The van der Waals surface area contributed by atoms with E-state index in [1.807, 2.05) is 19.2 Å². The smallest absolute Gasteiger partial charge is 0.223 e. The normalized spacial score (nSPS) is 19.5. The number of hydrogen-bond acceptors (Lipinski definition) is 5. The standard InChI is InChI=1S/C21H34N4O3/c1-2-28-15-5-11-24-21(27)19-7-4-13-25(14-9-20(26)23-12-8-19)17-18-6-3-10-22-16-18/h3,6,10,16,19H,2,4-5,7-9,11-15,17H2,1H3,(H,23,26)(H,24,27). The second-order valence-corrected chi connectivity index (χ2v) is 7.21. The molecule has 1 fully saturated rings. The highest BCUT2D eigenvalue weighted by atomic mass is 16.5. The number of nitrogens with one attached hydrogen (secondary N) is 2. The number of nitrogens with zero attached hydrogens (tertiary/aromatic N) is 2. The molecule has 1 aliphatic heterocycles. The number of carbonyl (C=O) groups excluding carboxylic acids is 2. The van der Waals surface area contributed by atoms with E-state index >= 15 is 0 Å². The van der Waals surface area contributed by atoms with Gasteiger partial charge in [0.05, 0.1) is 0 Å². The minimum Gasteiger partial charge on any atom is -0.382 e. The lowest BCUT2D eigenvalue weighted by molar-refractivity contribution is -0.126. The Morgan fingerprint density at radius 1 is 1.39 bits per heavy atom. The average molecular weight is 391 g/mol. The van der Waals surface area contributed by atoms with Gasteiger partial charge in [0.2, 0.25) is 11.8 Å². The van der Waals surface area contributed by atoms with Gasteiger partial charge in [0.1, 0.15) is 0 Å². The van der Waals surface area contributed by atoms with Crippen molar-refractivity contribution in [1.29, 1.82) is 0 Å². The highest BCUT2D eigenvalue weighted by molar-refractivity contribution is 5.79. The number of hydrogen-bond donors (Lipinski definition) is 2. The van der Waals surface area contributed by atoms with Gasteiger partial charge in [0.15, 0.2) is 0 Å². The first-order valence-corrected chi connectivity index (χ1v) is 10.4. The van der Waals surface area contributed by atoms with Crippen molar-refractivity contribution in [3.05, 3.63) is 30.1 Å². The van der Waals surface area contributed by atoms with E-state index in [0.717, 1.165) is 44.5 Å². The number of pyridine rings is 1. The molecule has 7 heteroatoms. The molecule has 0 saturated carbocycles.